The summed E-state index contributed by atoms with van der Waals surface area (Å²) in [6.07, 6.45) is 3.03. The van der Waals surface area contributed by atoms with Crippen LogP contribution in [0, 0.1) is 11.8 Å². The molecule has 6 heteroatoms. The molecule has 1 aliphatic heterocycles. The Kier molecular flexibility index (Phi) is 8.56. The molecule has 0 amide bonds. The maximum atomic E-state index is 5.34. The maximum absolute atomic E-state index is 5.34. The molecule has 2 unspecified atom stereocenters. The molecule has 0 aromatic carbocycles. The number of furan rings is 1. The van der Waals surface area contributed by atoms with Crippen LogP contribution in [0.25, 0.3) is 0 Å². The van der Waals surface area contributed by atoms with Gasteiger partial charge in [0.2, 0.25) is 0 Å². The first kappa shape index (κ1) is 21.3. The highest BCUT2D eigenvalue weighted by Crippen LogP contribution is 2.26. The van der Waals surface area contributed by atoms with E-state index in [9.17, 15) is 0 Å². The van der Waals surface area contributed by atoms with E-state index < -0.39 is 0 Å². The lowest BCUT2D eigenvalue weighted by atomic mass is 9.88. The van der Waals surface area contributed by atoms with Crippen LogP contribution < -0.4 is 10.6 Å². The number of hydrogen-bond acceptors (Lipinski definition) is 3. The van der Waals surface area contributed by atoms with E-state index in [4.69, 9.17) is 4.42 Å². The van der Waals surface area contributed by atoms with Crippen LogP contribution in [-0.2, 0) is 6.54 Å². The standard InChI is InChI=1S/C18H32N4O.HI/c1-14-9-15(2)12-22(11-14)18(3,4)13-21-17(19-5)20-10-16-7-6-8-23-16;/h6-8,14-15H,9-13H2,1-5H3,(H2,19,20,21);1H. The number of hydrogen-bond donors (Lipinski definition) is 2. The predicted molar refractivity (Wildman–Crippen MR) is 111 cm³/mol. The minimum absolute atomic E-state index is 0. The average molecular weight is 448 g/mol. The zero-order valence-electron chi connectivity index (χ0n) is 15.6. The van der Waals surface area contributed by atoms with Crippen molar-refractivity contribution in [3.8, 4) is 0 Å². The van der Waals surface area contributed by atoms with Gasteiger partial charge in [-0.3, -0.25) is 9.89 Å². The molecule has 0 saturated carbocycles. The van der Waals surface area contributed by atoms with Crippen LogP contribution in [0.2, 0.25) is 0 Å². The SMILES string of the molecule is CN=C(NCc1ccco1)NCC(C)(C)N1CC(C)CC(C)C1.I. The van der Waals surface area contributed by atoms with Gasteiger partial charge in [0.15, 0.2) is 5.96 Å². The fraction of sp³-hybridized carbons (Fsp3) is 0.722. The van der Waals surface area contributed by atoms with Gasteiger partial charge in [-0.15, -0.1) is 24.0 Å². The van der Waals surface area contributed by atoms with Crippen molar-refractivity contribution in [1.82, 2.24) is 15.5 Å². The molecular weight excluding hydrogens is 415 g/mol. The minimum Gasteiger partial charge on any atom is -0.467 e. The topological polar surface area (TPSA) is 52.8 Å². The van der Waals surface area contributed by atoms with E-state index in [0.29, 0.717) is 6.54 Å². The van der Waals surface area contributed by atoms with Crippen LogP contribution in [0.15, 0.2) is 27.8 Å². The highest BCUT2D eigenvalue weighted by atomic mass is 127. The van der Waals surface area contributed by atoms with Crippen molar-refractivity contribution in [2.45, 2.75) is 46.2 Å². The summed E-state index contributed by atoms with van der Waals surface area (Å²) in [4.78, 5) is 6.91. The first-order valence-electron chi connectivity index (χ1n) is 8.62. The Bertz CT molecular complexity index is 491. The fourth-order valence-corrected chi connectivity index (χ4v) is 3.37. The molecule has 2 rings (SSSR count). The molecule has 0 aliphatic carbocycles. The van der Waals surface area contributed by atoms with E-state index in [0.717, 1.165) is 30.1 Å². The third-order valence-electron chi connectivity index (χ3n) is 4.65. The highest BCUT2D eigenvalue weighted by Gasteiger charge is 2.32. The van der Waals surface area contributed by atoms with Crippen molar-refractivity contribution in [1.29, 1.82) is 0 Å². The Morgan fingerprint density at radius 1 is 1.29 bits per heavy atom. The Morgan fingerprint density at radius 2 is 1.96 bits per heavy atom. The zero-order valence-corrected chi connectivity index (χ0v) is 18.0. The normalized spacial score (nSPS) is 22.8. The van der Waals surface area contributed by atoms with Crippen LogP contribution in [-0.4, -0.2) is 43.1 Å². The van der Waals surface area contributed by atoms with E-state index in [1.165, 1.54) is 19.5 Å². The van der Waals surface area contributed by atoms with Crippen LogP contribution in [0.3, 0.4) is 0 Å². The number of nitrogens with zero attached hydrogens (tertiary/aromatic N) is 2. The van der Waals surface area contributed by atoms with Gasteiger partial charge in [0.1, 0.15) is 5.76 Å². The maximum Gasteiger partial charge on any atom is 0.191 e. The Balaban J connectivity index is 0.00000288. The third kappa shape index (κ3) is 6.27. The molecule has 2 N–H and O–H groups in total. The van der Waals surface area contributed by atoms with Crippen molar-refractivity contribution in [2.75, 3.05) is 26.7 Å². The molecule has 1 aliphatic rings. The highest BCUT2D eigenvalue weighted by molar-refractivity contribution is 14.0. The van der Waals surface area contributed by atoms with Gasteiger partial charge in [-0.25, -0.2) is 0 Å². The van der Waals surface area contributed by atoms with E-state index in [1.807, 2.05) is 12.1 Å². The number of aliphatic imine (C=N–C) groups is 1. The molecule has 138 valence electrons. The van der Waals surface area contributed by atoms with Gasteiger partial charge in [-0.05, 0) is 44.2 Å². The van der Waals surface area contributed by atoms with Crippen molar-refractivity contribution in [3.05, 3.63) is 24.2 Å². The van der Waals surface area contributed by atoms with Crippen LogP contribution in [0.5, 0.6) is 0 Å². The second kappa shape index (κ2) is 9.65. The summed E-state index contributed by atoms with van der Waals surface area (Å²) in [6, 6.07) is 3.86. The Hall–Kier alpha value is -0.760. The summed E-state index contributed by atoms with van der Waals surface area (Å²) in [6.45, 7) is 13.2. The number of likely N-dealkylation sites (tertiary alicyclic amines) is 1. The third-order valence-corrected chi connectivity index (χ3v) is 4.65. The lowest BCUT2D eigenvalue weighted by Crippen LogP contribution is -2.57. The molecule has 5 nitrogen and oxygen atoms in total. The average Bonchev–Trinajstić information content (AvgIpc) is 2.99. The number of nitrogens with one attached hydrogen (secondary N) is 2. The summed E-state index contributed by atoms with van der Waals surface area (Å²) in [5.41, 5.74) is 0.102. The van der Waals surface area contributed by atoms with Crippen LogP contribution >= 0.6 is 24.0 Å². The summed E-state index contributed by atoms with van der Waals surface area (Å²) in [7, 11) is 1.80. The van der Waals surface area contributed by atoms with Gasteiger partial charge in [0.25, 0.3) is 0 Å². The van der Waals surface area contributed by atoms with Crippen molar-refractivity contribution < 1.29 is 4.42 Å². The van der Waals surface area contributed by atoms with Gasteiger partial charge < -0.3 is 15.1 Å². The smallest absolute Gasteiger partial charge is 0.191 e. The first-order valence-corrected chi connectivity index (χ1v) is 8.62. The molecule has 24 heavy (non-hydrogen) atoms. The minimum atomic E-state index is 0. The number of guanidine groups is 1. The number of rotatable bonds is 5. The van der Waals surface area contributed by atoms with Gasteiger partial charge >= 0.3 is 0 Å². The predicted octanol–water partition coefficient (Wildman–Crippen LogP) is 3.32. The monoisotopic (exact) mass is 448 g/mol. The molecule has 1 saturated heterocycles. The summed E-state index contributed by atoms with van der Waals surface area (Å²) >= 11 is 0. The summed E-state index contributed by atoms with van der Waals surface area (Å²) in [5.74, 6) is 3.27. The van der Waals surface area contributed by atoms with Crippen molar-refractivity contribution in [3.63, 3.8) is 0 Å². The Morgan fingerprint density at radius 3 is 2.50 bits per heavy atom. The largest absolute Gasteiger partial charge is 0.467 e. The molecule has 2 atom stereocenters. The van der Waals surface area contributed by atoms with Crippen molar-refractivity contribution in [2.24, 2.45) is 16.8 Å². The first-order chi connectivity index (χ1) is 10.9. The molecule has 1 aromatic heterocycles. The summed E-state index contributed by atoms with van der Waals surface area (Å²) in [5, 5.41) is 6.75. The van der Waals surface area contributed by atoms with E-state index in [2.05, 4.69) is 48.2 Å². The fourth-order valence-electron chi connectivity index (χ4n) is 3.37. The Labute approximate surface area is 163 Å². The van der Waals surface area contributed by atoms with Gasteiger partial charge in [-0.2, -0.15) is 0 Å². The molecule has 0 radical (unpaired) electrons. The molecule has 1 aromatic rings. The molecule has 0 bridgehead atoms. The van der Waals surface area contributed by atoms with E-state index in [-0.39, 0.29) is 29.5 Å². The number of piperidine rings is 1. The van der Waals surface area contributed by atoms with Gasteiger partial charge in [-0.1, -0.05) is 13.8 Å². The van der Waals surface area contributed by atoms with Crippen LogP contribution in [0.4, 0.5) is 0 Å². The van der Waals surface area contributed by atoms with Gasteiger partial charge in [0.05, 0.1) is 12.8 Å². The summed E-state index contributed by atoms with van der Waals surface area (Å²) < 4.78 is 5.34. The van der Waals surface area contributed by atoms with Crippen molar-refractivity contribution >= 4 is 29.9 Å². The zero-order chi connectivity index (χ0) is 16.9. The van der Waals surface area contributed by atoms with E-state index >= 15 is 0 Å². The molecule has 2 heterocycles. The second-order valence-corrected chi connectivity index (χ2v) is 7.52. The number of halogens is 1. The lowest BCUT2D eigenvalue weighted by molar-refractivity contribution is 0.0483. The van der Waals surface area contributed by atoms with Gasteiger partial charge in [0, 0.05) is 32.2 Å². The molecule has 1 fully saturated rings. The van der Waals surface area contributed by atoms with E-state index in [1.54, 1.807) is 13.3 Å². The second-order valence-electron chi connectivity index (χ2n) is 7.52. The quantitative estimate of drug-likeness (QED) is 0.412. The van der Waals surface area contributed by atoms with Crippen LogP contribution in [0.1, 0.15) is 39.9 Å². The molecule has 0 spiro atoms. The molecular formula is C18H33IN4O. The lowest BCUT2D eigenvalue weighted by Gasteiger charge is -2.45.